The Labute approximate surface area is 107 Å². The highest BCUT2D eigenvalue weighted by Crippen LogP contribution is 2.33. The van der Waals surface area contributed by atoms with Gasteiger partial charge in [0.15, 0.2) is 0 Å². The number of benzene rings is 1. The number of anilines is 1. The molecule has 100 valence electrons. The predicted molar refractivity (Wildman–Crippen MR) is 71.3 cm³/mol. The Bertz CT molecular complexity index is 540. The van der Waals surface area contributed by atoms with E-state index >= 15 is 0 Å². The van der Waals surface area contributed by atoms with E-state index in [-0.39, 0.29) is 5.75 Å². The largest absolute Gasteiger partial charge is 0.506 e. The molecule has 1 saturated heterocycles. The summed E-state index contributed by atoms with van der Waals surface area (Å²) in [5.74, 6) is -0.0150. The molecule has 0 saturated carbocycles. The fraction of sp³-hybridized carbons (Fsp3) is 0.500. The average Bonchev–Trinajstić information content (AvgIpc) is 2.39. The second-order valence-electron chi connectivity index (χ2n) is 5.00. The molecular formula is C12H18N2O3S. The fourth-order valence-electron chi connectivity index (χ4n) is 2.00. The lowest BCUT2D eigenvalue weighted by molar-refractivity contribution is 0.475. The molecule has 18 heavy (non-hydrogen) atoms. The highest BCUT2D eigenvalue weighted by molar-refractivity contribution is 7.94. The molecule has 0 radical (unpaired) electrons. The van der Waals surface area contributed by atoms with Gasteiger partial charge >= 0.3 is 0 Å². The van der Waals surface area contributed by atoms with Crippen molar-refractivity contribution in [2.45, 2.75) is 18.6 Å². The Hall–Kier alpha value is -1.27. The summed E-state index contributed by atoms with van der Waals surface area (Å²) in [6, 6.07) is 6.51. The monoisotopic (exact) mass is 270 g/mol. The molecule has 0 aliphatic carbocycles. The van der Waals surface area contributed by atoms with Crippen LogP contribution in [0.4, 0.5) is 5.69 Å². The number of rotatable bonds is 1. The van der Waals surface area contributed by atoms with E-state index in [0.717, 1.165) is 0 Å². The zero-order valence-corrected chi connectivity index (χ0v) is 11.4. The van der Waals surface area contributed by atoms with Crippen molar-refractivity contribution in [3.8, 4) is 5.75 Å². The zero-order valence-electron chi connectivity index (χ0n) is 10.5. The van der Waals surface area contributed by atoms with Crippen molar-refractivity contribution in [3.63, 3.8) is 0 Å². The molecule has 0 atom stereocenters. The minimum absolute atomic E-state index is 0.0150. The summed E-state index contributed by atoms with van der Waals surface area (Å²) < 4.78 is 25.6. The molecule has 1 fully saturated rings. The Kier molecular flexibility index (Phi) is 3.25. The van der Waals surface area contributed by atoms with Crippen LogP contribution >= 0.6 is 0 Å². The quantitative estimate of drug-likeness (QED) is 0.796. The van der Waals surface area contributed by atoms with Crippen molar-refractivity contribution in [2.75, 3.05) is 23.9 Å². The number of nitrogens with zero attached hydrogens (tertiary/aromatic N) is 1. The van der Waals surface area contributed by atoms with Crippen molar-refractivity contribution in [1.82, 2.24) is 5.32 Å². The lowest BCUT2D eigenvalue weighted by Crippen LogP contribution is -2.46. The van der Waals surface area contributed by atoms with Crippen LogP contribution in [0.1, 0.15) is 13.8 Å². The van der Waals surface area contributed by atoms with Crippen LogP contribution in [0.3, 0.4) is 0 Å². The van der Waals surface area contributed by atoms with E-state index < -0.39 is 14.8 Å². The molecule has 1 aromatic rings. The number of hydrogen-bond acceptors (Lipinski definition) is 4. The Morgan fingerprint density at radius 1 is 1.33 bits per heavy atom. The Morgan fingerprint density at radius 2 is 2.00 bits per heavy atom. The summed E-state index contributed by atoms with van der Waals surface area (Å²) >= 11 is 0. The van der Waals surface area contributed by atoms with Crippen LogP contribution < -0.4 is 9.62 Å². The molecule has 1 aliphatic rings. The van der Waals surface area contributed by atoms with Gasteiger partial charge in [-0.05, 0) is 26.0 Å². The molecule has 6 heteroatoms. The number of aromatic hydroxyl groups is 1. The zero-order chi connectivity index (χ0) is 13.4. The van der Waals surface area contributed by atoms with Gasteiger partial charge in [0.25, 0.3) is 0 Å². The molecule has 1 aliphatic heterocycles. The highest BCUT2D eigenvalue weighted by atomic mass is 32.2. The van der Waals surface area contributed by atoms with Gasteiger partial charge in [-0.1, -0.05) is 12.1 Å². The first-order valence-corrected chi connectivity index (χ1v) is 7.31. The molecule has 2 rings (SSSR count). The van der Waals surface area contributed by atoms with Crippen molar-refractivity contribution in [1.29, 1.82) is 0 Å². The van der Waals surface area contributed by atoms with E-state index in [2.05, 4.69) is 5.32 Å². The molecule has 0 aromatic heterocycles. The maximum atomic E-state index is 12.6. The van der Waals surface area contributed by atoms with Crippen LogP contribution in [0.2, 0.25) is 0 Å². The summed E-state index contributed by atoms with van der Waals surface area (Å²) in [6.45, 7) is 4.67. The third-order valence-electron chi connectivity index (χ3n) is 3.18. The summed E-state index contributed by atoms with van der Waals surface area (Å²) in [5.41, 5.74) is 0.342. The van der Waals surface area contributed by atoms with Gasteiger partial charge in [0.05, 0.1) is 10.4 Å². The van der Waals surface area contributed by atoms with Crippen LogP contribution in [0.25, 0.3) is 0 Å². The molecule has 5 nitrogen and oxygen atoms in total. The van der Waals surface area contributed by atoms with Crippen LogP contribution in [-0.4, -0.2) is 37.9 Å². The third kappa shape index (κ3) is 2.06. The molecule has 2 N–H and O–H groups in total. The van der Waals surface area contributed by atoms with Crippen LogP contribution in [0, 0.1) is 0 Å². The number of phenolic OH excluding ortho intramolecular Hbond substituents is 1. The van der Waals surface area contributed by atoms with Gasteiger partial charge in [-0.15, -0.1) is 0 Å². The van der Waals surface area contributed by atoms with Crippen LogP contribution in [0.5, 0.6) is 5.75 Å². The maximum absolute atomic E-state index is 12.6. The second-order valence-corrected chi connectivity index (χ2v) is 7.50. The predicted octanol–water partition coefficient (Wildman–Crippen LogP) is 0.910. The van der Waals surface area contributed by atoms with Crippen molar-refractivity contribution >= 4 is 15.7 Å². The summed E-state index contributed by atoms with van der Waals surface area (Å²) in [6.07, 6.45) is 0. The van der Waals surface area contributed by atoms with Gasteiger partial charge in [0.2, 0.25) is 10.0 Å². The van der Waals surface area contributed by atoms with Gasteiger partial charge in [-0.25, -0.2) is 8.42 Å². The van der Waals surface area contributed by atoms with Crippen molar-refractivity contribution < 1.29 is 13.5 Å². The van der Waals surface area contributed by atoms with E-state index in [0.29, 0.717) is 25.3 Å². The molecule has 1 heterocycles. The number of sulfonamides is 1. The lowest BCUT2D eigenvalue weighted by atomic mass is 10.2. The lowest BCUT2D eigenvalue weighted by Gasteiger charge is -2.30. The van der Waals surface area contributed by atoms with E-state index in [9.17, 15) is 13.5 Å². The topological polar surface area (TPSA) is 69.6 Å². The standard InChI is InChI=1S/C12H18N2O3S/c1-12(2)9-13-7-8-14(18(12,16)17)10-5-3-4-6-11(10)15/h3-6,13,15H,7-9H2,1-2H3. The Morgan fingerprint density at radius 3 is 2.67 bits per heavy atom. The van der Waals surface area contributed by atoms with Gasteiger partial charge in [0.1, 0.15) is 5.75 Å². The smallest absolute Gasteiger partial charge is 0.241 e. The first-order chi connectivity index (χ1) is 8.36. The molecule has 1 aromatic carbocycles. The van der Waals surface area contributed by atoms with Gasteiger partial charge < -0.3 is 10.4 Å². The number of phenols is 1. The first-order valence-electron chi connectivity index (χ1n) is 5.87. The third-order valence-corrected chi connectivity index (χ3v) is 5.68. The van der Waals surface area contributed by atoms with E-state index in [1.54, 1.807) is 32.0 Å². The van der Waals surface area contributed by atoms with E-state index in [1.165, 1.54) is 10.4 Å². The van der Waals surface area contributed by atoms with Gasteiger partial charge in [0, 0.05) is 19.6 Å². The summed E-state index contributed by atoms with van der Waals surface area (Å²) in [7, 11) is -3.50. The van der Waals surface area contributed by atoms with Crippen LogP contribution in [0.15, 0.2) is 24.3 Å². The number of para-hydroxylation sites is 2. The minimum atomic E-state index is -3.50. The molecule has 0 spiro atoms. The summed E-state index contributed by atoms with van der Waals surface area (Å²) in [4.78, 5) is 0. The number of nitrogens with one attached hydrogen (secondary N) is 1. The maximum Gasteiger partial charge on any atom is 0.241 e. The van der Waals surface area contributed by atoms with Crippen molar-refractivity contribution in [2.24, 2.45) is 0 Å². The van der Waals surface area contributed by atoms with Gasteiger partial charge in [-0.2, -0.15) is 0 Å². The SMILES string of the molecule is CC1(C)CNCCN(c2ccccc2O)S1(=O)=O. The second kappa shape index (κ2) is 4.44. The van der Waals surface area contributed by atoms with Crippen LogP contribution in [-0.2, 0) is 10.0 Å². The molecule has 0 amide bonds. The minimum Gasteiger partial charge on any atom is -0.506 e. The van der Waals surface area contributed by atoms with E-state index in [4.69, 9.17) is 0 Å². The van der Waals surface area contributed by atoms with Crippen molar-refractivity contribution in [3.05, 3.63) is 24.3 Å². The molecule has 0 unspecified atom stereocenters. The average molecular weight is 270 g/mol. The molecular weight excluding hydrogens is 252 g/mol. The summed E-state index contributed by atoms with van der Waals surface area (Å²) in [5, 5.41) is 12.9. The first kappa shape index (κ1) is 13.2. The molecule has 0 bridgehead atoms. The number of hydrogen-bond donors (Lipinski definition) is 2. The van der Waals surface area contributed by atoms with Gasteiger partial charge in [-0.3, -0.25) is 4.31 Å². The highest BCUT2D eigenvalue weighted by Gasteiger charge is 2.41. The Balaban J connectivity index is 2.52. The normalized spacial score (nSPS) is 22.4. The van der Waals surface area contributed by atoms with E-state index in [1.807, 2.05) is 0 Å². The fourth-order valence-corrected chi connectivity index (χ4v) is 3.63.